The number of phosphoric acid groups is 3. The molecule has 0 aliphatic carbocycles. The molecule has 31 heteroatoms. The molecule has 0 bridgehead atoms. The number of benzene rings is 3. The van der Waals surface area contributed by atoms with Gasteiger partial charge in [-0.1, -0.05) is 0 Å². The highest BCUT2D eigenvalue weighted by Crippen LogP contribution is 2.66. The number of carbonyl (C=O) groups excluding carboxylic acids is 2. The van der Waals surface area contributed by atoms with Crippen molar-refractivity contribution in [3.8, 4) is 11.5 Å². The second kappa shape index (κ2) is 20.1. The molecular formula is C46H51N9O19P3+. The van der Waals surface area contributed by atoms with Crippen LogP contribution in [0.5, 0.6) is 11.5 Å². The van der Waals surface area contributed by atoms with Crippen LogP contribution in [0.2, 0.25) is 0 Å². The Labute approximate surface area is 434 Å². The van der Waals surface area contributed by atoms with Gasteiger partial charge in [-0.15, -0.1) is 0 Å². The van der Waals surface area contributed by atoms with Gasteiger partial charge in [0.15, 0.2) is 23.5 Å². The number of aliphatic hydroxyl groups is 1. The number of H-pyrrole nitrogens is 1. The number of imidazole rings is 1. The summed E-state index contributed by atoms with van der Waals surface area (Å²) in [5.74, 6) is -0.736. The van der Waals surface area contributed by atoms with Crippen molar-refractivity contribution in [1.29, 1.82) is 0 Å². The first-order valence-electron chi connectivity index (χ1n) is 24.5. The predicted octanol–water partition coefficient (Wildman–Crippen LogP) is 0.962. The van der Waals surface area contributed by atoms with Crippen LogP contribution in [0.1, 0.15) is 86.0 Å². The number of amides is 2. The molecule has 6 aliphatic rings. The average Bonchev–Trinajstić information content (AvgIpc) is 4.07. The monoisotopic (exact) mass is 1130 g/mol. The number of alkyl carbamates (subject to hydrolysis) is 1. The lowest BCUT2D eigenvalue weighted by Gasteiger charge is -2.39. The quantitative estimate of drug-likeness (QED) is 0.0389. The minimum Gasteiger partial charge on any atom is -0.478 e. The van der Waals surface area contributed by atoms with Crippen molar-refractivity contribution in [3.05, 3.63) is 102 Å². The summed E-state index contributed by atoms with van der Waals surface area (Å²) in [4.78, 5) is 103. The van der Waals surface area contributed by atoms with Crippen molar-refractivity contribution in [2.24, 2.45) is 0 Å². The number of aromatic carboxylic acids is 1. The van der Waals surface area contributed by atoms with E-state index in [4.69, 9.17) is 29.7 Å². The molecule has 1 fully saturated rings. The van der Waals surface area contributed by atoms with Crippen LogP contribution in [-0.2, 0) is 62.0 Å². The van der Waals surface area contributed by atoms with Gasteiger partial charge in [0, 0.05) is 77.8 Å². The molecular weight excluding hydrogens is 1080 g/mol. The Balaban J connectivity index is 0.841. The molecule has 6 atom stereocenters. The number of carbonyl (C=O) groups is 3. The van der Waals surface area contributed by atoms with Crippen LogP contribution in [0, 0.1) is 0 Å². The number of fused-ring (bicyclic) bond motifs is 5. The predicted molar refractivity (Wildman–Crippen MR) is 267 cm³/mol. The number of carboxylic acids is 1. The molecule has 1 saturated heterocycles. The number of aromatic nitrogens is 4. The van der Waals surface area contributed by atoms with Gasteiger partial charge in [-0.3, -0.25) is 23.7 Å². The smallest absolute Gasteiger partial charge is 0.478 e. The number of rotatable bonds is 15. The third kappa shape index (κ3) is 10.2. The first-order valence-corrected chi connectivity index (χ1v) is 29.0. The summed E-state index contributed by atoms with van der Waals surface area (Å²) in [6.07, 6.45) is -0.183. The van der Waals surface area contributed by atoms with Crippen LogP contribution < -0.4 is 46.7 Å². The van der Waals surface area contributed by atoms with Crippen LogP contribution in [0.3, 0.4) is 0 Å². The third-order valence-corrected chi connectivity index (χ3v) is 18.1. The van der Waals surface area contributed by atoms with E-state index in [0.29, 0.717) is 22.6 Å². The first kappa shape index (κ1) is 52.7. The highest BCUT2D eigenvalue weighted by Gasteiger charge is 2.50. The number of hydrogen-bond donors (Lipinski definition) is 10. The van der Waals surface area contributed by atoms with Gasteiger partial charge < -0.3 is 65.3 Å². The standard InChI is InChI=1S/C46H50N9O19P3/c47-45-51-40-33(42(58)52-45)50-21-55(40)43-39(36(56)31(70-43)20-69-76(65,66)74-77(67,68)73-75(62,63)64)72-46(61)49-12-11-48-41(57)24-9-10-25(44(59)60)28(19-24)32-29-17-22-5-1-13-53-15-3-7-26(34(22)53)37(29)71-38-27-8-4-16-54-14-2-6-23(35(27)54)18-30(32)38/h9-10,17-19,21,31,36,39,43,56H,1-8,11-16,20H2,(H9-,47,48,49,51,52,57,58,59,60,61,62,63,64,65,66,67,68)/p+1/t31-,36-,39-,43-/m1/s1. The zero-order valence-corrected chi connectivity index (χ0v) is 43.2. The Morgan fingerprint density at radius 2 is 1.61 bits per heavy atom. The molecule has 5 aromatic rings. The number of aliphatic hydroxyl groups excluding tert-OH is 1. The molecule has 0 spiro atoms. The Hall–Kier alpha value is -6.38. The number of carboxylic acid groups (broad SMARTS) is 1. The number of phosphoric ester groups is 1. The van der Waals surface area contributed by atoms with Gasteiger partial charge in [0.25, 0.3) is 11.5 Å². The first-order chi connectivity index (χ1) is 36.6. The summed E-state index contributed by atoms with van der Waals surface area (Å²) in [6.45, 7) is 2.12. The van der Waals surface area contributed by atoms with E-state index in [9.17, 15) is 52.9 Å². The number of nitrogen functional groups attached to an aromatic ring is 1. The number of aromatic amines is 1. The number of nitrogens with zero attached hydrogens (tertiary/aromatic N) is 5. The molecule has 8 heterocycles. The number of nitrogens with two attached hydrogens (primary N) is 1. The summed E-state index contributed by atoms with van der Waals surface area (Å²) < 4.78 is 69.6. The molecule has 408 valence electrons. The van der Waals surface area contributed by atoms with Crippen LogP contribution in [0.4, 0.5) is 16.4 Å². The number of aryl methyl sites for hydroxylation is 2. The maximum atomic E-state index is 14.1. The highest BCUT2D eigenvalue weighted by atomic mass is 31.3. The third-order valence-electron chi connectivity index (χ3n) is 14.2. The molecule has 0 saturated carbocycles. The zero-order chi connectivity index (χ0) is 54.3. The van der Waals surface area contributed by atoms with E-state index in [-0.39, 0.29) is 41.3 Å². The summed E-state index contributed by atoms with van der Waals surface area (Å²) >= 11 is 0. The van der Waals surface area contributed by atoms with Crippen molar-refractivity contribution < 1.29 is 85.2 Å². The maximum Gasteiger partial charge on any atom is 0.490 e. The molecule has 2 aromatic heterocycles. The molecule has 2 amide bonds. The molecule has 28 nitrogen and oxygen atoms in total. The largest absolute Gasteiger partial charge is 0.490 e. The van der Waals surface area contributed by atoms with E-state index in [1.54, 1.807) is 6.07 Å². The summed E-state index contributed by atoms with van der Waals surface area (Å²) in [7, 11) is -17.4. The van der Waals surface area contributed by atoms with Crippen LogP contribution >= 0.6 is 23.5 Å². The fourth-order valence-electron chi connectivity index (χ4n) is 11.3. The van der Waals surface area contributed by atoms with Gasteiger partial charge in [0.1, 0.15) is 36.8 Å². The van der Waals surface area contributed by atoms with Gasteiger partial charge in [-0.25, -0.2) is 32.8 Å². The topological polar surface area (TPSA) is 399 Å². The molecule has 11 rings (SSSR count). The number of anilines is 2. The summed E-state index contributed by atoms with van der Waals surface area (Å²) in [5.41, 5.74) is 12.1. The van der Waals surface area contributed by atoms with E-state index in [1.807, 2.05) is 0 Å². The molecule has 0 radical (unpaired) electrons. The van der Waals surface area contributed by atoms with Crippen molar-refractivity contribution in [2.75, 3.05) is 56.5 Å². The van der Waals surface area contributed by atoms with Crippen molar-refractivity contribution in [1.82, 2.24) is 34.7 Å². The summed E-state index contributed by atoms with van der Waals surface area (Å²) in [6, 6.07) is 8.66. The lowest BCUT2D eigenvalue weighted by atomic mass is 9.81. The fraction of sp³-hybridized carbons (Fsp3) is 0.413. The van der Waals surface area contributed by atoms with Crippen LogP contribution in [-0.4, -0.2) is 131 Å². The fourth-order valence-corrected chi connectivity index (χ4v) is 14.3. The maximum absolute atomic E-state index is 14.1. The van der Waals surface area contributed by atoms with E-state index in [0.717, 1.165) is 110 Å². The second-order valence-electron chi connectivity index (χ2n) is 19.2. The van der Waals surface area contributed by atoms with E-state index < -0.39 is 78.1 Å². The van der Waals surface area contributed by atoms with E-state index in [1.165, 1.54) is 34.3 Å². The number of nitrogens with one attached hydrogen (secondary N) is 3. The lowest BCUT2D eigenvalue weighted by Crippen LogP contribution is -2.45. The normalized spacial score (nSPS) is 21.9. The second-order valence-corrected chi connectivity index (χ2v) is 23.6. The molecule has 77 heavy (non-hydrogen) atoms. The van der Waals surface area contributed by atoms with Crippen molar-refractivity contribution >= 4 is 69.8 Å². The molecule has 6 aliphatic heterocycles. The van der Waals surface area contributed by atoms with Gasteiger partial charge in [0.2, 0.25) is 11.3 Å². The lowest BCUT2D eigenvalue weighted by molar-refractivity contribution is -0.0522. The van der Waals surface area contributed by atoms with Gasteiger partial charge in [-0.2, -0.15) is 13.6 Å². The number of ether oxygens (including phenoxy) is 3. The minimum atomic E-state index is -5.92. The van der Waals surface area contributed by atoms with E-state index >= 15 is 0 Å². The van der Waals surface area contributed by atoms with Crippen molar-refractivity contribution in [2.45, 2.75) is 75.9 Å². The Kier molecular flexibility index (Phi) is 13.8. The Bertz CT molecular complexity index is 3670. The number of hydrogen-bond acceptors (Lipinski definition) is 18. The van der Waals surface area contributed by atoms with Crippen molar-refractivity contribution in [3.63, 3.8) is 0 Å². The van der Waals surface area contributed by atoms with Gasteiger partial charge in [-0.05, 0) is 80.0 Å². The van der Waals surface area contributed by atoms with E-state index in [2.05, 4.69) is 60.3 Å². The minimum absolute atomic E-state index is 0.0110. The molecule has 3 aromatic carbocycles. The molecule has 11 N–H and O–H groups in total. The van der Waals surface area contributed by atoms with Crippen LogP contribution in [0.25, 0.3) is 16.7 Å². The zero-order valence-electron chi connectivity index (χ0n) is 40.5. The SMILES string of the molecule is Nc1nc2c(ncn2[C@@H]2O[C@H](COP(=O)(O)OP(=O)(O)OP(=O)(O)O)[C@@H](O)[C@H]2OC(=O)NCCNC(=O)c2ccc(C(=O)O)c(C3=c4cc5c6c(c4Oc4c3cc3c7c4CCCN7CCC3)CCC[N+]=6CCC5)c2)c(=O)[nH]1. The summed E-state index contributed by atoms with van der Waals surface area (Å²) in [5, 5.41) is 29.3. The van der Waals surface area contributed by atoms with Gasteiger partial charge >= 0.3 is 35.5 Å². The highest BCUT2D eigenvalue weighted by molar-refractivity contribution is 7.66. The Morgan fingerprint density at radius 1 is 0.883 bits per heavy atom. The molecule has 2 unspecified atom stereocenters. The average molecular weight is 1130 g/mol. The van der Waals surface area contributed by atoms with Gasteiger partial charge in [0.05, 0.1) is 24.1 Å². The Morgan fingerprint density at radius 3 is 2.38 bits per heavy atom. The van der Waals surface area contributed by atoms with Crippen LogP contribution in [0.15, 0.2) is 41.5 Å².